The molecule has 2 unspecified atom stereocenters. The van der Waals surface area contributed by atoms with Gasteiger partial charge in [-0.1, -0.05) is 24.6 Å². The van der Waals surface area contributed by atoms with Crippen LogP contribution >= 0.6 is 11.6 Å². The number of methoxy groups -OCH3 is 1. The van der Waals surface area contributed by atoms with Crippen molar-refractivity contribution in [1.29, 1.82) is 0 Å². The van der Waals surface area contributed by atoms with E-state index < -0.39 is 0 Å². The molecule has 3 N–H and O–H groups in total. The van der Waals surface area contributed by atoms with Crippen LogP contribution in [0, 0.1) is 11.7 Å². The maximum Gasteiger partial charge on any atom is 0.127 e. The van der Waals surface area contributed by atoms with Gasteiger partial charge in [-0.05, 0) is 30.9 Å². The lowest BCUT2D eigenvalue weighted by Gasteiger charge is -2.20. The maximum atomic E-state index is 13.7. The Kier molecular flexibility index (Phi) is 6.57. The molecule has 1 rings (SSSR count). The van der Waals surface area contributed by atoms with Crippen LogP contribution in [0.15, 0.2) is 18.2 Å². The standard InChI is InChI=1S/C13H20ClFN2O/c1-9(8-18-2)6-10(17-16)7-11-12(14)4-3-5-13(11)15/h3-5,9-10,17H,6-8,16H2,1-2H3. The predicted molar refractivity (Wildman–Crippen MR) is 71.9 cm³/mol. The molecule has 0 spiro atoms. The maximum absolute atomic E-state index is 13.7. The van der Waals surface area contributed by atoms with Crippen LogP contribution in [-0.2, 0) is 11.2 Å². The number of ether oxygens (including phenoxy) is 1. The van der Waals surface area contributed by atoms with Gasteiger partial charge in [0.15, 0.2) is 0 Å². The molecule has 0 saturated heterocycles. The number of halogens is 2. The minimum Gasteiger partial charge on any atom is -0.384 e. The molecule has 5 heteroatoms. The summed E-state index contributed by atoms with van der Waals surface area (Å²) in [6.07, 6.45) is 1.27. The second kappa shape index (κ2) is 7.69. The van der Waals surface area contributed by atoms with Crippen molar-refractivity contribution in [3.8, 4) is 0 Å². The molecule has 0 aliphatic carbocycles. The fourth-order valence-corrected chi connectivity index (χ4v) is 2.26. The van der Waals surface area contributed by atoms with Crippen LogP contribution in [0.5, 0.6) is 0 Å². The summed E-state index contributed by atoms with van der Waals surface area (Å²) in [5, 5.41) is 0.439. The molecule has 0 bridgehead atoms. The molecular formula is C13H20ClFN2O. The molecule has 2 atom stereocenters. The third-order valence-electron chi connectivity index (χ3n) is 2.89. The van der Waals surface area contributed by atoms with Gasteiger partial charge in [-0.15, -0.1) is 0 Å². The van der Waals surface area contributed by atoms with Gasteiger partial charge >= 0.3 is 0 Å². The minimum absolute atomic E-state index is 0.0236. The van der Waals surface area contributed by atoms with E-state index in [0.29, 0.717) is 29.5 Å². The van der Waals surface area contributed by atoms with Crippen molar-refractivity contribution in [2.75, 3.05) is 13.7 Å². The van der Waals surface area contributed by atoms with Crippen molar-refractivity contribution in [1.82, 2.24) is 5.43 Å². The number of hydrogen-bond acceptors (Lipinski definition) is 3. The van der Waals surface area contributed by atoms with E-state index in [4.69, 9.17) is 22.2 Å². The smallest absolute Gasteiger partial charge is 0.127 e. The second-order valence-electron chi connectivity index (χ2n) is 4.56. The summed E-state index contributed by atoms with van der Waals surface area (Å²) in [5.74, 6) is 5.57. The van der Waals surface area contributed by atoms with E-state index in [2.05, 4.69) is 12.3 Å². The lowest BCUT2D eigenvalue weighted by Crippen LogP contribution is -2.38. The van der Waals surface area contributed by atoms with Crippen molar-refractivity contribution in [3.05, 3.63) is 34.6 Å². The highest BCUT2D eigenvalue weighted by Crippen LogP contribution is 2.22. The van der Waals surface area contributed by atoms with Crippen molar-refractivity contribution in [2.24, 2.45) is 11.8 Å². The molecule has 1 aromatic carbocycles. The van der Waals surface area contributed by atoms with Crippen LogP contribution in [0.4, 0.5) is 4.39 Å². The molecule has 0 amide bonds. The Balaban J connectivity index is 2.68. The fraction of sp³-hybridized carbons (Fsp3) is 0.538. The number of rotatable bonds is 7. The third kappa shape index (κ3) is 4.53. The number of benzene rings is 1. The van der Waals surface area contributed by atoms with Gasteiger partial charge in [-0.2, -0.15) is 0 Å². The van der Waals surface area contributed by atoms with Gasteiger partial charge in [-0.25, -0.2) is 4.39 Å². The Labute approximate surface area is 112 Å². The quantitative estimate of drug-likeness (QED) is 0.593. The molecular weight excluding hydrogens is 255 g/mol. The van der Waals surface area contributed by atoms with Crippen LogP contribution < -0.4 is 11.3 Å². The lowest BCUT2D eigenvalue weighted by atomic mass is 9.97. The first-order valence-electron chi connectivity index (χ1n) is 5.96. The van der Waals surface area contributed by atoms with E-state index in [1.807, 2.05) is 0 Å². The van der Waals surface area contributed by atoms with E-state index in [1.54, 1.807) is 19.2 Å². The van der Waals surface area contributed by atoms with Crippen LogP contribution in [-0.4, -0.2) is 19.8 Å². The Hall–Kier alpha value is -0.680. The van der Waals surface area contributed by atoms with Crippen LogP contribution in [0.2, 0.25) is 5.02 Å². The molecule has 0 aliphatic rings. The monoisotopic (exact) mass is 274 g/mol. The summed E-state index contributed by atoms with van der Waals surface area (Å²) >= 11 is 5.99. The van der Waals surface area contributed by atoms with E-state index in [0.717, 1.165) is 6.42 Å². The van der Waals surface area contributed by atoms with E-state index >= 15 is 0 Å². The highest BCUT2D eigenvalue weighted by molar-refractivity contribution is 6.31. The van der Waals surface area contributed by atoms with Crippen LogP contribution in [0.1, 0.15) is 18.9 Å². The topological polar surface area (TPSA) is 47.3 Å². The summed E-state index contributed by atoms with van der Waals surface area (Å²) in [5.41, 5.74) is 3.22. The first-order chi connectivity index (χ1) is 8.58. The number of nitrogens with one attached hydrogen (secondary N) is 1. The van der Waals surface area contributed by atoms with Crippen molar-refractivity contribution in [2.45, 2.75) is 25.8 Å². The van der Waals surface area contributed by atoms with E-state index in [9.17, 15) is 4.39 Å². The second-order valence-corrected chi connectivity index (χ2v) is 4.97. The van der Waals surface area contributed by atoms with Gasteiger partial charge in [0.2, 0.25) is 0 Å². The Morgan fingerprint density at radius 1 is 1.50 bits per heavy atom. The SMILES string of the molecule is COCC(C)CC(Cc1c(F)cccc1Cl)NN. The highest BCUT2D eigenvalue weighted by atomic mass is 35.5. The average Bonchev–Trinajstić information content (AvgIpc) is 2.33. The van der Waals surface area contributed by atoms with Crippen molar-refractivity contribution in [3.63, 3.8) is 0 Å². The molecule has 1 aromatic rings. The molecule has 102 valence electrons. The molecule has 0 fully saturated rings. The van der Waals surface area contributed by atoms with Crippen molar-refractivity contribution < 1.29 is 9.13 Å². The molecule has 0 aromatic heterocycles. The van der Waals surface area contributed by atoms with Crippen LogP contribution in [0.3, 0.4) is 0 Å². The predicted octanol–water partition coefficient (Wildman–Crippen LogP) is 2.53. The summed E-state index contributed by atoms with van der Waals surface area (Å²) in [7, 11) is 1.66. The van der Waals surface area contributed by atoms with Crippen LogP contribution in [0.25, 0.3) is 0 Å². The fourth-order valence-electron chi connectivity index (χ4n) is 2.02. The zero-order valence-electron chi connectivity index (χ0n) is 10.7. The summed E-state index contributed by atoms with van der Waals surface area (Å²) in [4.78, 5) is 0. The lowest BCUT2D eigenvalue weighted by molar-refractivity contribution is 0.149. The molecule has 18 heavy (non-hydrogen) atoms. The summed E-state index contributed by atoms with van der Waals surface area (Å²) in [6.45, 7) is 2.72. The Bertz CT molecular complexity index is 356. The van der Waals surface area contributed by atoms with Gasteiger partial charge in [0, 0.05) is 30.3 Å². The minimum atomic E-state index is -0.290. The molecule has 0 heterocycles. The van der Waals surface area contributed by atoms with E-state index in [1.165, 1.54) is 6.07 Å². The van der Waals surface area contributed by atoms with Gasteiger partial charge < -0.3 is 4.74 Å². The largest absolute Gasteiger partial charge is 0.384 e. The average molecular weight is 275 g/mol. The van der Waals surface area contributed by atoms with E-state index in [-0.39, 0.29) is 11.9 Å². The molecule has 3 nitrogen and oxygen atoms in total. The zero-order valence-corrected chi connectivity index (χ0v) is 11.5. The summed E-state index contributed by atoms with van der Waals surface area (Å²) in [6, 6.07) is 4.67. The molecule has 0 aliphatic heterocycles. The Morgan fingerprint density at radius 3 is 2.78 bits per heavy atom. The Morgan fingerprint density at radius 2 is 2.22 bits per heavy atom. The molecule has 0 saturated carbocycles. The van der Waals surface area contributed by atoms with Crippen molar-refractivity contribution >= 4 is 11.6 Å². The number of nitrogens with two attached hydrogens (primary N) is 1. The van der Waals surface area contributed by atoms with Gasteiger partial charge in [-0.3, -0.25) is 11.3 Å². The van der Waals surface area contributed by atoms with Gasteiger partial charge in [0.05, 0.1) is 0 Å². The first-order valence-corrected chi connectivity index (χ1v) is 6.34. The third-order valence-corrected chi connectivity index (χ3v) is 3.24. The highest BCUT2D eigenvalue weighted by Gasteiger charge is 2.16. The van der Waals surface area contributed by atoms with Gasteiger partial charge in [0.1, 0.15) is 5.82 Å². The number of hydrazine groups is 1. The summed E-state index contributed by atoms with van der Waals surface area (Å²) < 4.78 is 18.7. The number of hydrogen-bond donors (Lipinski definition) is 2. The zero-order chi connectivity index (χ0) is 13.5. The first kappa shape index (κ1) is 15.4. The van der Waals surface area contributed by atoms with Gasteiger partial charge in [0.25, 0.3) is 0 Å². The normalized spacial score (nSPS) is 14.5. The molecule has 0 radical (unpaired) electrons.